The van der Waals surface area contributed by atoms with Crippen LogP contribution in [-0.4, -0.2) is 37.6 Å². The maximum absolute atomic E-state index is 12.6. The van der Waals surface area contributed by atoms with Crippen LogP contribution in [-0.2, 0) is 15.7 Å². The number of amides is 2. The van der Waals surface area contributed by atoms with Gasteiger partial charge in [-0.2, -0.15) is 13.2 Å². The van der Waals surface area contributed by atoms with Gasteiger partial charge < -0.3 is 15.0 Å². The van der Waals surface area contributed by atoms with Gasteiger partial charge in [0.2, 0.25) is 0 Å². The van der Waals surface area contributed by atoms with Gasteiger partial charge in [-0.05, 0) is 36.4 Å². The molecule has 5 nitrogen and oxygen atoms in total. The largest absolute Gasteiger partial charge is 0.416 e. The smallest absolute Gasteiger partial charge is 0.365 e. The van der Waals surface area contributed by atoms with E-state index in [1.165, 1.54) is 0 Å². The molecular formula is C19H17F3N2O3. The minimum absolute atomic E-state index is 0.101. The average Bonchev–Trinajstić information content (AvgIpc) is 2.67. The molecule has 1 aliphatic rings. The SMILES string of the molecule is O=C(NCC1CN(c2ccccc2)C(=O)CO1)c1ccc(C(F)(F)F)cc1. The van der Waals surface area contributed by atoms with Crippen LogP contribution in [0.25, 0.3) is 0 Å². The fraction of sp³-hybridized carbons (Fsp3) is 0.263. The van der Waals surface area contributed by atoms with Crippen LogP contribution in [0.2, 0.25) is 0 Å². The Morgan fingerprint density at radius 2 is 1.78 bits per heavy atom. The number of carbonyl (C=O) groups is 2. The topological polar surface area (TPSA) is 58.6 Å². The minimum atomic E-state index is -4.45. The van der Waals surface area contributed by atoms with Crippen molar-refractivity contribution >= 4 is 17.5 Å². The van der Waals surface area contributed by atoms with E-state index in [0.717, 1.165) is 30.0 Å². The third-order valence-electron chi connectivity index (χ3n) is 4.16. The van der Waals surface area contributed by atoms with Gasteiger partial charge in [-0.1, -0.05) is 18.2 Å². The molecule has 27 heavy (non-hydrogen) atoms. The van der Waals surface area contributed by atoms with Gasteiger partial charge in [-0.25, -0.2) is 0 Å². The van der Waals surface area contributed by atoms with E-state index in [1.54, 1.807) is 17.0 Å². The molecule has 8 heteroatoms. The van der Waals surface area contributed by atoms with E-state index in [9.17, 15) is 22.8 Å². The molecule has 2 aromatic carbocycles. The summed E-state index contributed by atoms with van der Waals surface area (Å²) in [7, 11) is 0. The summed E-state index contributed by atoms with van der Waals surface area (Å²) < 4.78 is 43.1. The van der Waals surface area contributed by atoms with Gasteiger partial charge in [0.1, 0.15) is 6.61 Å². The number of halogens is 3. The third kappa shape index (κ3) is 4.65. The second kappa shape index (κ2) is 7.79. The number of hydrogen-bond acceptors (Lipinski definition) is 3. The fourth-order valence-electron chi connectivity index (χ4n) is 2.73. The van der Waals surface area contributed by atoms with Crippen LogP contribution in [0, 0.1) is 0 Å². The Morgan fingerprint density at radius 3 is 2.41 bits per heavy atom. The lowest BCUT2D eigenvalue weighted by atomic mass is 10.1. The summed E-state index contributed by atoms with van der Waals surface area (Å²) in [6.45, 7) is 0.308. The zero-order chi connectivity index (χ0) is 19.4. The van der Waals surface area contributed by atoms with Gasteiger partial charge in [0.15, 0.2) is 0 Å². The van der Waals surface area contributed by atoms with E-state index in [2.05, 4.69) is 5.32 Å². The van der Waals surface area contributed by atoms with E-state index in [1.807, 2.05) is 18.2 Å². The first-order valence-electron chi connectivity index (χ1n) is 8.27. The summed E-state index contributed by atoms with van der Waals surface area (Å²) in [6, 6.07) is 13.1. The second-order valence-electron chi connectivity index (χ2n) is 6.06. The maximum atomic E-state index is 12.6. The van der Waals surface area contributed by atoms with E-state index >= 15 is 0 Å². The third-order valence-corrected chi connectivity index (χ3v) is 4.16. The van der Waals surface area contributed by atoms with Crippen molar-refractivity contribution in [3.8, 4) is 0 Å². The molecule has 1 unspecified atom stereocenters. The predicted molar refractivity (Wildman–Crippen MR) is 92.3 cm³/mol. The van der Waals surface area contributed by atoms with Crippen LogP contribution in [0.4, 0.5) is 18.9 Å². The molecule has 2 aromatic rings. The monoisotopic (exact) mass is 378 g/mol. The van der Waals surface area contributed by atoms with Gasteiger partial charge >= 0.3 is 6.18 Å². The highest BCUT2D eigenvalue weighted by atomic mass is 19.4. The Morgan fingerprint density at radius 1 is 1.11 bits per heavy atom. The molecule has 1 heterocycles. The molecule has 0 saturated carbocycles. The van der Waals surface area contributed by atoms with Crippen LogP contribution >= 0.6 is 0 Å². The highest BCUT2D eigenvalue weighted by Crippen LogP contribution is 2.29. The summed E-state index contributed by atoms with van der Waals surface area (Å²) in [5.74, 6) is -0.679. The van der Waals surface area contributed by atoms with Gasteiger partial charge in [-0.3, -0.25) is 9.59 Å². The molecule has 1 saturated heterocycles. The number of ether oxygens (including phenoxy) is 1. The summed E-state index contributed by atoms with van der Waals surface area (Å²) >= 11 is 0. The molecule has 1 N–H and O–H groups in total. The zero-order valence-electron chi connectivity index (χ0n) is 14.2. The highest BCUT2D eigenvalue weighted by Gasteiger charge is 2.30. The highest BCUT2D eigenvalue weighted by molar-refractivity contribution is 5.95. The van der Waals surface area contributed by atoms with E-state index < -0.39 is 23.8 Å². The first-order valence-corrected chi connectivity index (χ1v) is 8.27. The van der Waals surface area contributed by atoms with Crippen molar-refractivity contribution in [2.24, 2.45) is 0 Å². The van der Waals surface area contributed by atoms with Crippen molar-refractivity contribution in [3.63, 3.8) is 0 Å². The van der Waals surface area contributed by atoms with Crippen molar-refractivity contribution in [3.05, 3.63) is 65.7 Å². The van der Waals surface area contributed by atoms with Crippen LogP contribution < -0.4 is 10.2 Å². The number of hydrogen-bond donors (Lipinski definition) is 1. The van der Waals surface area contributed by atoms with Crippen LogP contribution in [0.5, 0.6) is 0 Å². The molecule has 0 aliphatic carbocycles. The standard InChI is InChI=1S/C19H17F3N2O3/c20-19(21,22)14-8-6-13(7-9-14)18(26)23-10-16-11-24(17(25)12-27-16)15-4-2-1-3-5-15/h1-9,16H,10-12H2,(H,23,26). The predicted octanol–water partition coefficient (Wildman–Crippen LogP) is 2.87. The number of nitrogens with zero attached hydrogens (tertiary/aromatic N) is 1. The zero-order valence-corrected chi connectivity index (χ0v) is 14.2. The molecule has 3 rings (SSSR count). The molecule has 1 fully saturated rings. The summed E-state index contributed by atoms with van der Waals surface area (Å²) in [4.78, 5) is 25.8. The summed E-state index contributed by atoms with van der Waals surface area (Å²) in [5, 5.41) is 2.63. The lowest BCUT2D eigenvalue weighted by molar-refractivity contribution is -0.137. The fourth-order valence-corrected chi connectivity index (χ4v) is 2.73. The Hall–Kier alpha value is -2.87. The minimum Gasteiger partial charge on any atom is -0.365 e. The van der Waals surface area contributed by atoms with Crippen molar-refractivity contribution in [2.75, 3.05) is 24.6 Å². The first kappa shape index (κ1) is 18.9. The van der Waals surface area contributed by atoms with Crippen molar-refractivity contribution in [1.82, 2.24) is 5.32 Å². The van der Waals surface area contributed by atoms with Gasteiger partial charge in [-0.15, -0.1) is 0 Å². The Bertz CT molecular complexity index is 807. The second-order valence-corrected chi connectivity index (χ2v) is 6.06. The van der Waals surface area contributed by atoms with E-state index in [0.29, 0.717) is 0 Å². The van der Waals surface area contributed by atoms with E-state index in [-0.39, 0.29) is 31.2 Å². The summed E-state index contributed by atoms with van der Waals surface area (Å²) in [5.41, 5.74) is 0.0475. The van der Waals surface area contributed by atoms with Crippen LogP contribution in [0.3, 0.4) is 0 Å². The van der Waals surface area contributed by atoms with Gasteiger partial charge in [0.25, 0.3) is 11.8 Å². The molecule has 1 atom stereocenters. The van der Waals surface area contributed by atoms with Gasteiger partial charge in [0, 0.05) is 17.8 Å². The molecule has 142 valence electrons. The van der Waals surface area contributed by atoms with Crippen LogP contribution in [0.15, 0.2) is 54.6 Å². The molecule has 0 radical (unpaired) electrons. The first-order chi connectivity index (χ1) is 12.8. The number of morpholine rings is 1. The van der Waals surface area contributed by atoms with Crippen molar-refractivity contribution < 1.29 is 27.5 Å². The number of para-hydroxylation sites is 1. The number of anilines is 1. The number of carbonyl (C=O) groups excluding carboxylic acids is 2. The molecule has 0 aromatic heterocycles. The molecule has 2 amide bonds. The Kier molecular flexibility index (Phi) is 5.46. The Balaban J connectivity index is 1.58. The van der Waals surface area contributed by atoms with Crippen molar-refractivity contribution in [2.45, 2.75) is 12.3 Å². The quantitative estimate of drug-likeness (QED) is 0.890. The number of rotatable bonds is 4. The van der Waals surface area contributed by atoms with Crippen LogP contribution in [0.1, 0.15) is 15.9 Å². The Labute approximate surface area is 153 Å². The van der Waals surface area contributed by atoms with Crippen molar-refractivity contribution in [1.29, 1.82) is 0 Å². The lowest BCUT2D eigenvalue weighted by Crippen LogP contribution is -2.50. The molecule has 0 spiro atoms. The lowest BCUT2D eigenvalue weighted by Gasteiger charge is -2.32. The number of alkyl halides is 3. The molecule has 1 aliphatic heterocycles. The average molecular weight is 378 g/mol. The number of nitrogens with one attached hydrogen (secondary N) is 1. The number of benzene rings is 2. The van der Waals surface area contributed by atoms with E-state index in [4.69, 9.17) is 4.74 Å². The van der Waals surface area contributed by atoms with Gasteiger partial charge in [0.05, 0.1) is 18.2 Å². The maximum Gasteiger partial charge on any atom is 0.416 e. The summed E-state index contributed by atoms with van der Waals surface area (Å²) in [6.07, 6.45) is -4.86. The molecular weight excluding hydrogens is 361 g/mol. The normalized spacial score (nSPS) is 17.7. The molecule has 0 bridgehead atoms.